The molecule has 0 bridgehead atoms. The van der Waals surface area contributed by atoms with Gasteiger partial charge in [0.25, 0.3) is 5.56 Å². The molecule has 0 unspecified atom stereocenters. The van der Waals surface area contributed by atoms with Gasteiger partial charge in [-0.1, -0.05) is 0 Å². The number of fused-ring (bicyclic) bond motifs is 1. The summed E-state index contributed by atoms with van der Waals surface area (Å²) < 4.78 is 23.3. The highest BCUT2D eigenvalue weighted by Gasteiger charge is 2.27. The molecular formula is C31H28N4O6. The van der Waals surface area contributed by atoms with Crippen LogP contribution in [0.15, 0.2) is 71.9 Å². The molecule has 4 aromatic heterocycles. The Bertz CT molecular complexity index is 1790. The van der Waals surface area contributed by atoms with Crippen LogP contribution < -0.4 is 19.8 Å². The van der Waals surface area contributed by atoms with Crippen molar-refractivity contribution in [2.75, 3.05) is 28.4 Å². The van der Waals surface area contributed by atoms with Crippen LogP contribution in [0.3, 0.4) is 0 Å². The van der Waals surface area contributed by atoms with Crippen LogP contribution in [0.25, 0.3) is 33.3 Å². The highest BCUT2D eigenvalue weighted by atomic mass is 16.5. The van der Waals surface area contributed by atoms with Crippen molar-refractivity contribution in [2.45, 2.75) is 13.5 Å². The zero-order chi connectivity index (χ0) is 29.1. The van der Waals surface area contributed by atoms with Gasteiger partial charge in [0.2, 0.25) is 5.75 Å². The molecular weight excluding hydrogens is 524 g/mol. The maximum Gasteiger partial charge on any atom is 0.355 e. The number of benzene rings is 1. The maximum absolute atomic E-state index is 14.2. The van der Waals surface area contributed by atoms with Gasteiger partial charge in [0.1, 0.15) is 11.2 Å². The molecule has 0 aliphatic carbocycles. The Labute approximate surface area is 236 Å². The minimum absolute atomic E-state index is 0.0622. The number of nitrogens with zero attached hydrogens (tertiary/aromatic N) is 4. The van der Waals surface area contributed by atoms with E-state index in [0.29, 0.717) is 39.5 Å². The molecule has 10 nitrogen and oxygen atoms in total. The summed E-state index contributed by atoms with van der Waals surface area (Å²) in [6.45, 7) is 1.94. The lowest BCUT2D eigenvalue weighted by Crippen LogP contribution is -2.29. The lowest BCUT2D eigenvalue weighted by atomic mass is 9.96. The quantitative estimate of drug-likeness (QED) is 0.253. The van der Waals surface area contributed by atoms with Crippen molar-refractivity contribution < 1.29 is 23.7 Å². The van der Waals surface area contributed by atoms with Crippen LogP contribution in [0.2, 0.25) is 0 Å². The predicted octanol–water partition coefficient (Wildman–Crippen LogP) is 4.69. The number of esters is 1. The molecule has 10 heteroatoms. The van der Waals surface area contributed by atoms with Gasteiger partial charge in [0, 0.05) is 40.8 Å². The normalized spacial score (nSPS) is 10.9. The number of hydrogen-bond donors (Lipinski definition) is 0. The van der Waals surface area contributed by atoms with Gasteiger partial charge in [-0.25, -0.2) is 9.78 Å². The lowest BCUT2D eigenvalue weighted by molar-refractivity contribution is 0.0588. The largest absolute Gasteiger partial charge is 0.493 e. The Hall–Kier alpha value is -5.25. The first-order valence-electron chi connectivity index (χ1n) is 12.7. The number of carbonyl (C=O) groups excluding carboxylic acids is 1. The molecule has 0 fully saturated rings. The molecule has 41 heavy (non-hydrogen) atoms. The topological polar surface area (TPSA) is 115 Å². The number of carbonyl (C=O) groups is 1. The van der Waals surface area contributed by atoms with Crippen LogP contribution >= 0.6 is 0 Å². The zero-order valence-electron chi connectivity index (χ0n) is 23.3. The van der Waals surface area contributed by atoms with Crippen LogP contribution in [0.5, 0.6) is 17.2 Å². The van der Waals surface area contributed by atoms with Crippen molar-refractivity contribution in [2.24, 2.45) is 0 Å². The summed E-state index contributed by atoms with van der Waals surface area (Å²) in [5, 5.41) is 0.463. The molecule has 0 radical (unpaired) electrons. The first kappa shape index (κ1) is 27.3. The molecule has 0 amide bonds. The standard InChI is InChI=1S/C31H28N4O6/c1-18-14-19(8-13-33-18)17-35-28(31(37)41-5)26(21-15-24(38-2)29(40-4)25(16-21)39-3)22-6-7-23(34-27(22)30(35)36)20-9-11-32-12-10-20/h6-16H,17H2,1-5H3. The number of aryl methyl sites for hydroxylation is 1. The fraction of sp³-hybridized carbons (Fsp3) is 0.194. The Morgan fingerprint density at radius 2 is 1.56 bits per heavy atom. The fourth-order valence-corrected chi connectivity index (χ4v) is 4.86. The molecule has 0 aliphatic rings. The second kappa shape index (κ2) is 11.5. The molecule has 4 heterocycles. The van der Waals surface area contributed by atoms with Crippen LogP contribution in [-0.4, -0.2) is 53.9 Å². The molecule has 0 saturated heterocycles. The maximum atomic E-state index is 14.2. The molecule has 0 N–H and O–H groups in total. The van der Waals surface area contributed by atoms with Gasteiger partial charge < -0.3 is 18.9 Å². The van der Waals surface area contributed by atoms with Crippen LogP contribution in [-0.2, 0) is 11.3 Å². The molecule has 5 aromatic rings. The Balaban J connectivity index is 1.92. The Morgan fingerprint density at radius 1 is 0.854 bits per heavy atom. The first-order valence-corrected chi connectivity index (χ1v) is 12.7. The van der Waals surface area contributed by atoms with Gasteiger partial charge in [-0.3, -0.25) is 19.3 Å². The predicted molar refractivity (Wildman–Crippen MR) is 154 cm³/mol. The third kappa shape index (κ3) is 5.07. The van der Waals surface area contributed by atoms with E-state index in [4.69, 9.17) is 23.9 Å². The number of pyridine rings is 4. The minimum atomic E-state index is -0.684. The summed E-state index contributed by atoms with van der Waals surface area (Å²) in [7, 11) is 5.81. The minimum Gasteiger partial charge on any atom is -0.493 e. The molecule has 208 valence electrons. The third-order valence-corrected chi connectivity index (χ3v) is 6.73. The summed E-state index contributed by atoms with van der Waals surface area (Å²) >= 11 is 0. The van der Waals surface area contributed by atoms with Gasteiger partial charge in [-0.05, 0) is 66.6 Å². The summed E-state index contributed by atoms with van der Waals surface area (Å²) in [5.74, 6) is 0.475. The van der Waals surface area contributed by atoms with Crippen molar-refractivity contribution in [3.63, 3.8) is 0 Å². The number of ether oxygens (including phenoxy) is 4. The van der Waals surface area contributed by atoms with Gasteiger partial charge in [-0.2, -0.15) is 0 Å². The van der Waals surface area contributed by atoms with Crippen LogP contribution in [0.4, 0.5) is 0 Å². The van der Waals surface area contributed by atoms with E-state index in [1.165, 1.54) is 33.0 Å². The van der Waals surface area contributed by atoms with Gasteiger partial charge >= 0.3 is 5.97 Å². The van der Waals surface area contributed by atoms with Crippen molar-refractivity contribution in [3.05, 3.63) is 94.4 Å². The summed E-state index contributed by atoms with van der Waals surface area (Å²) in [5.41, 5.74) is 3.72. The first-order chi connectivity index (χ1) is 19.9. The van der Waals surface area contributed by atoms with E-state index >= 15 is 0 Å². The van der Waals surface area contributed by atoms with E-state index in [1.807, 2.05) is 25.1 Å². The number of rotatable bonds is 8. The van der Waals surface area contributed by atoms with E-state index in [0.717, 1.165) is 16.8 Å². The van der Waals surface area contributed by atoms with E-state index in [1.54, 1.807) is 48.9 Å². The summed E-state index contributed by atoms with van der Waals surface area (Å²) in [4.78, 5) is 40.8. The number of aromatic nitrogens is 4. The Kier molecular flexibility index (Phi) is 7.64. The summed E-state index contributed by atoms with van der Waals surface area (Å²) in [6.07, 6.45) is 4.98. The monoisotopic (exact) mass is 552 g/mol. The molecule has 0 atom stereocenters. The summed E-state index contributed by atoms with van der Waals surface area (Å²) in [6, 6.07) is 14.3. The number of methoxy groups -OCH3 is 4. The van der Waals surface area contributed by atoms with Gasteiger partial charge in [0.15, 0.2) is 11.5 Å². The van der Waals surface area contributed by atoms with Crippen LogP contribution in [0, 0.1) is 6.92 Å². The second-order valence-electron chi connectivity index (χ2n) is 9.15. The lowest BCUT2D eigenvalue weighted by Gasteiger charge is -2.20. The highest BCUT2D eigenvalue weighted by molar-refractivity contribution is 6.06. The van der Waals surface area contributed by atoms with E-state index in [-0.39, 0.29) is 17.8 Å². The molecule has 1 aromatic carbocycles. The van der Waals surface area contributed by atoms with Gasteiger partial charge in [0.05, 0.1) is 40.7 Å². The van der Waals surface area contributed by atoms with Crippen molar-refractivity contribution in [1.82, 2.24) is 19.5 Å². The van der Waals surface area contributed by atoms with Gasteiger partial charge in [-0.15, -0.1) is 0 Å². The van der Waals surface area contributed by atoms with E-state index in [9.17, 15) is 9.59 Å². The smallest absolute Gasteiger partial charge is 0.355 e. The molecule has 0 spiro atoms. The molecule has 0 aliphatic heterocycles. The SMILES string of the molecule is COC(=O)c1c(-c2cc(OC)c(OC)c(OC)c2)c2ccc(-c3ccncc3)nc2c(=O)n1Cc1ccnc(C)c1. The van der Waals surface area contributed by atoms with Crippen molar-refractivity contribution in [3.8, 4) is 39.6 Å². The third-order valence-electron chi connectivity index (χ3n) is 6.73. The molecule has 5 rings (SSSR count). The van der Waals surface area contributed by atoms with Crippen molar-refractivity contribution in [1.29, 1.82) is 0 Å². The average molecular weight is 553 g/mol. The number of hydrogen-bond acceptors (Lipinski definition) is 9. The second-order valence-corrected chi connectivity index (χ2v) is 9.15. The average Bonchev–Trinajstić information content (AvgIpc) is 3.01. The van der Waals surface area contributed by atoms with Crippen LogP contribution in [0.1, 0.15) is 21.7 Å². The Morgan fingerprint density at radius 3 is 2.17 bits per heavy atom. The fourth-order valence-electron chi connectivity index (χ4n) is 4.86. The zero-order valence-corrected chi connectivity index (χ0v) is 23.3. The van der Waals surface area contributed by atoms with E-state index in [2.05, 4.69) is 9.97 Å². The van der Waals surface area contributed by atoms with E-state index < -0.39 is 11.5 Å². The van der Waals surface area contributed by atoms with Crippen molar-refractivity contribution >= 4 is 16.9 Å². The molecule has 0 saturated carbocycles. The highest BCUT2D eigenvalue weighted by Crippen LogP contribution is 2.43.